The van der Waals surface area contributed by atoms with Gasteiger partial charge < -0.3 is 4.98 Å². The maximum Gasteiger partial charge on any atom is 0.251 e. The summed E-state index contributed by atoms with van der Waals surface area (Å²) in [6, 6.07) is 3.97. The van der Waals surface area contributed by atoms with Gasteiger partial charge in [-0.2, -0.15) is 5.10 Å². The summed E-state index contributed by atoms with van der Waals surface area (Å²) in [7, 11) is 0. The minimum Gasteiger partial charge on any atom is -0.319 e. The Hall–Kier alpha value is -3.16. The summed E-state index contributed by atoms with van der Waals surface area (Å²) in [5, 5.41) is 4.81. The molecule has 1 N–H and O–H groups in total. The van der Waals surface area contributed by atoms with Crippen molar-refractivity contribution in [1.29, 1.82) is 0 Å². The fourth-order valence-electron chi connectivity index (χ4n) is 3.69. The minimum atomic E-state index is -1.05. The summed E-state index contributed by atoms with van der Waals surface area (Å²) >= 11 is 0. The summed E-state index contributed by atoms with van der Waals surface area (Å²) < 4.78 is 29.4. The van der Waals surface area contributed by atoms with Gasteiger partial charge in [-0.3, -0.25) is 4.79 Å². The highest BCUT2D eigenvalue weighted by Crippen LogP contribution is 2.38. The van der Waals surface area contributed by atoms with E-state index in [9.17, 15) is 13.6 Å². The van der Waals surface area contributed by atoms with Crippen molar-refractivity contribution in [2.45, 2.75) is 31.6 Å². The molecule has 6 nitrogen and oxygen atoms in total. The van der Waals surface area contributed by atoms with Crippen LogP contribution in [0.5, 0.6) is 0 Å². The molecule has 136 valence electrons. The van der Waals surface area contributed by atoms with E-state index in [1.54, 1.807) is 16.9 Å². The number of aromatic amines is 1. The Morgan fingerprint density at radius 1 is 1.22 bits per heavy atom. The molecule has 1 fully saturated rings. The van der Waals surface area contributed by atoms with E-state index in [1.807, 2.05) is 0 Å². The van der Waals surface area contributed by atoms with Gasteiger partial charge in [0.05, 0.1) is 29.3 Å². The summed E-state index contributed by atoms with van der Waals surface area (Å²) in [6.45, 7) is 0. The second kappa shape index (κ2) is 5.94. The molecule has 1 aliphatic carbocycles. The second-order valence-electron chi connectivity index (χ2n) is 6.85. The molecule has 3 aromatic heterocycles. The van der Waals surface area contributed by atoms with Gasteiger partial charge in [0.1, 0.15) is 0 Å². The van der Waals surface area contributed by atoms with Crippen molar-refractivity contribution in [2.24, 2.45) is 0 Å². The van der Waals surface area contributed by atoms with Gasteiger partial charge in [0, 0.05) is 23.8 Å². The summed E-state index contributed by atoms with van der Waals surface area (Å²) in [4.78, 5) is 23.3. The zero-order valence-electron chi connectivity index (χ0n) is 14.2. The average Bonchev–Trinajstić information content (AvgIpc) is 2.95. The van der Waals surface area contributed by atoms with Crippen LogP contribution in [0.4, 0.5) is 8.78 Å². The monoisotopic (exact) mass is 367 g/mol. The molecule has 0 unspecified atom stereocenters. The first kappa shape index (κ1) is 16.0. The van der Waals surface area contributed by atoms with Crippen LogP contribution >= 0.6 is 0 Å². The molecule has 0 spiro atoms. The van der Waals surface area contributed by atoms with Crippen LogP contribution in [0.3, 0.4) is 0 Å². The number of H-pyrrole nitrogens is 1. The molecule has 5 rings (SSSR count). The number of hydrogen-bond acceptors (Lipinski definition) is 4. The second-order valence-corrected chi connectivity index (χ2v) is 6.85. The number of nitrogens with zero attached hydrogens (tertiary/aromatic N) is 4. The third-order valence-electron chi connectivity index (χ3n) is 5.24. The third kappa shape index (κ3) is 2.51. The lowest BCUT2D eigenvalue weighted by Crippen LogP contribution is -2.14. The largest absolute Gasteiger partial charge is 0.319 e. The fraction of sp³-hybridized carbons (Fsp3) is 0.263. The van der Waals surface area contributed by atoms with Crippen LogP contribution in [0, 0.1) is 11.6 Å². The van der Waals surface area contributed by atoms with E-state index < -0.39 is 17.2 Å². The van der Waals surface area contributed by atoms with Crippen LogP contribution in [0.1, 0.15) is 42.1 Å². The van der Waals surface area contributed by atoms with Crippen molar-refractivity contribution in [3.05, 3.63) is 69.5 Å². The van der Waals surface area contributed by atoms with E-state index in [-0.39, 0.29) is 5.52 Å². The zero-order valence-corrected chi connectivity index (χ0v) is 14.2. The molecule has 8 heteroatoms. The molecule has 1 saturated carbocycles. The standard InChI is InChI=1S/C19H15F2N5O/c20-13-5-4-12-11(9-15(27)24-18(12)16(13)21)8-14-17(10-2-1-3-10)25-19-22-6-7-23-26(14)19/h4-7,9-10H,1-3,8H2,(H,24,27). The van der Waals surface area contributed by atoms with Crippen molar-refractivity contribution in [3.63, 3.8) is 0 Å². The number of fused-ring (bicyclic) bond motifs is 2. The summed E-state index contributed by atoms with van der Waals surface area (Å²) in [6.07, 6.45) is 6.74. The van der Waals surface area contributed by atoms with Crippen LogP contribution in [0.2, 0.25) is 0 Å². The highest BCUT2D eigenvalue weighted by Gasteiger charge is 2.27. The third-order valence-corrected chi connectivity index (χ3v) is 5.24. The Morgan fingerprint density at radius 3 is 2.85 bits per heavy atom. The van der Waals surface area contributed by atoms with Gasteiger partial charge in [0.25, 0.3) is 5.78 Å². The predicted molar refractivity (Wildman–Crippen MR) is 94.7 cm³/mol. The Balaban J connectivity index is 1.72. The van der Waals surface area contributed by atoms with Crippen LogP contribution in [0.15, 0.2) is 35.4 Å². The van der Waals surface area contributed by atoms with Crippen molar-refractivity contribution in [1.82, 2.24) is 24.6 Å². The molecule has 1 aromatic carbocycles. The first-order valence-electron chi connectivity index (χ1n) is 8.80. The Labute approximate surface area is 151 Å². The van der Waals surface area contributed by atoms with Crippen molar-refractivity contribution in [2.75, 3.05) is 0 Å². The van der Waals surface area contributed by atoms with Crippen LogP contribution in [-0.2, 0) is 6.42 Å². The van der Waals surface area contributed by atoms with E-state index >= 15 is 0 Å². The molecule has 0 radical (unpaired) electrons. The number of aromatic nitrogens is 5. The van der Waals surface area contributed by atoms with Crippen LogP contribution in [-0.4, -0.2) is 24.6 Å². The number of pyridine rings is 1. The SMILES string of the molecule is O=c1cc(Cc2c(C3CCC3)nc3nccnn23)c2ccc(F)c(F)c2[nH]1. The molecule has 0 bridgehead atoms. The van der Waals surface area contributed by atoms with E-state index in [0.717, 1.165) is 36.7 Å². The summed E-state index contributed by atoms with van der Waals surface area (Å²) in [5.74, 6) is -1.21. The van der Waals surface area contributed by atoms with Gasteiger partial charge >= 0.3 is 0 Å². The lowest BCUT2D eigenvalue weighted by Gasteiger charge is -2.24. The van der Waals surface area contributed by atoms with Crippen molar-refractivity contribution >= 4 is 16.7 Å². The molecule has 4 aromatic rings. The Bertz CT molecular complexity index is 1240. The Kier molecular flexibility index (Phi) is 3.53. The molecule has 0 saturated heterocycles. The molecule has 27 heavy (non-hydrogen) atoms. The lowest BCUT2D eigenvalue weighted by molar-refractivity contribution is 0.410. The number of halogens is 2. The smallest absolute Gasteiger partial charge is 0.251 e. The lowest BCUT2D eigenvalue weighted by atomic mass is 9.81. The van der Waals surface area contributed by atoms with E-state index in [1.165, 1.54) is 12.1 Å². The number of rotatable bonds is 3. The van der Waals surface area contributed by atoms with Gasteiger partial charge in [-0.1, -0.05) is 6.42 Å². The van der Waals surface area contributed by atoms with Gasteiger partial charge in [-0.15, -0.1) is 0 Å². The molecule has 0 atom stereocenters. The van der Waals surface area contributed by atoms with E-state index in [2.05, 4.69) is 20.1 Å². The van der Waals surface area contributed by atoms with Gasteiger partial charge in [-0.25, -0.2) is 23.3 Å². The molecule has 0 aliphatic heterocycles. The number of nitrogens with one attached hydrogen (secondary N) is 1. The maximum absolute atomic E-state index is 14.2. The fourth-order valence-corrected chi connectivity index (χ4v) is 3.69. The first-order valence-corrected chi connectivity index (χ1v) is 8.80. The van der Waals surface area contributed by atoms with Crippen molar-refractivity contribution < 1.29 is 8.78 Å². The van der Waals surface area contributed by atoms with Gasteiger partial charge in [-0.05, 0) is 30.5 Å². The highest BCUT2D eigenvalue weighted by atomic mass is 19.2. The molecule has 1 aliphatic rings. The summed E-state index contributed by atoms with van der Waals surface area (Å²) in [5.41, 5.74) is 1.75. The maximum atomic E-state index is 14.2. The normalized spacial score (nSPS) is 14.7. The number of hydrogen-bond donors (Lipinski definition) is 1. The van der Waals surface area contributed by atoms with Gasteiger partial charge in [0.2, 0.25) is 5.56 Å². The van der Waals surface area contributed by atoms with Crippen LogP contribution in [0.25, 0.3) is 16.7 Å². The number of benzene rings is 1. The molecular formula is C19H15F2N5O. The quantitative estimate of drug-likeness (QED) is 0.604. The van der Waals surface area contributed by atoms with E-state index in [4.69, 9.17) is 0 Å². The topological polar surface area (TPSA) is 75.9 Å². The van der Waals surface area contributed by atoms with Crippen LogP contribution < -0.4 is 5.56 Å². The number of imidazole rings is 1. The van der Waals surface area contributed by atoms with Crippen molar-refractivity contribution in [3.8, 4) is 0 Å². The van der Waals surface area contributed by atoms with E-state index in [0.29, 0.717) is 29.1 Å². The minimum absolute atomic E-state index is 0.123. The predicted octanol–water partition coefficient (Wildman–Crippen LogP) is 3.10. The first-order chi connectivity index (χ1) is 13.1. The molecule has 0 amide bonds. The molecular weight excluding hydrogens is 352 g/mol. The average molecular weight is 367 g/mol. The molecule has 3 heterocycles. The van der Waals surface area contributed by atoms with Gasteiger partial charge in [0.15, 0.2) is 11.6 Å². The highest BCUT2D eigenvalue weighted by molar-refractivity contribution is 5.83. The Morgan fingerprint density at radius 2 is 2.07 bits per heavy atom. The zero-order chi connectivity index (χ0) is 18.5.